The van der Waals surface area contributed by atoms with Gasteiger partial charge in [0.05, 0.1) is 5.69 Å². The summed E-state index contributed by atoms with van der Waals surface area (Å²) in [6, 6.07) is 58.0. The Kier molecular flexibility index (Phi) is 5.82. The zero-order chi connectivity index (χ0) is 27.9. The van der Waals surface area contributed by atoms with Crippen LogP contribution in [-0.2, 0) is 0 Å². The third-order valence-electron chi connectivity index (χ3n) is 8.03. The summed E-state index contributed by atoms with van der Waals surface area (Å²) in [6.07, 6.45) is 0. The number of para-hydroxylation sites is 1. The van der Waals surface area contributed by atoms with Crippen LogP contribution in [0.15, 0.2) is 168 Å². The summed E-state index contributed by atoms with van der Waals surface area (Å²) >= 11 is 0. The first-order chi connectivity index (χ1) is 20.8. The molecule has 0 fully saturated rings. The van der Waals surface area contributed by atoms with Crippen molar-refractivity contribution in [2.75, 3.05) is 4.90 Å². The Morgan fingerprint density at radius 2 is 1.00 bits per heavy atom. The van der Waals surface area contributed by atoms with Gasteiger partial charge in [0.2, 0.25) is 0 Å². The fourth-order valence-corrected chi connectivity index (χ4v) is 5.98. The van der Waals surface area contributed by atoms with Gasteiger partial charge in [-0.25, -0.2) is 0 Å². The molecule has 8 aromatic rings. The normalized spacial score (nSPS) is 11.3. The second-order valence-electron chi connectivity index (χ2n) is 10.6. The molecule has 1 aromatic heterocycles. The molecule has 2 nitrogen and oxygen atoms in total. The number of anilines is 3. The molecule has 7 aromatic carbocycles. The molecule has 0 radical (unpaired) electrons. The second-order valence-corrected chi connectivity index (χ2v) is 10.6. The van der Waals surface area contributed by atoms with E-state index in [1.807, 2.05) is 0 Å². The van der Waals surface area contributed by atoms with E-state index in [1.165, 1.54) is 27.5 Å². The van der Waals surface area contributed by atoms with Gasteiger partial charge in [0.1, 0.15) is 11.2 Å². The monoisotopic (exact) mass is 537 g/mol. The minimum absolute atomic E-state index is 0.876. The highest BCUT2D eigenvalue weighted by Crippen LogP contribution is 2.44. The van der Waals surface area contributed by atoms with E-state index in [4.69, 9.17) is 4.42 Å². The molecule has 0 amide bonds. The van der Waals surface area contributed by atoms with Gasteiger partial charge in [0, 0.05) is 33.8 Å². The third kappa shape index (κ3) is 4.22. The predicted molar refractivity (Wildman–Crippen MR) is 177 cm³/mol. The second kappa shape index (κ2) is 10.1. The van der Waals surface area contributed by atoms with E-state index in [0.717, 1.165) is 44.6 Å². The van der Waals surface area contributed by atoms with Crippen molar-refractivity contribution < 1.29 is 4.42 Å². The summed E-state index contributed by atoms with van der Waals surface area (Å²) in [6.45, 7) is 0. The van der Waals surface area contributed by atoms with Gasteiger partial charge in [-0.05, 0) is 76.0 Å². The molecule has 0 saturated carbocycles. The third-order valence-corrected chi connectivity index (χ3v) is 8.03. The van der Waals surface area contributed by atoms with E-state index in [9.17, 15) is 0 Å². The topological polar surface area (TPSA) is 16.4 Å². The lowest BCUT2D eigenvalue weighted by molar-refractivity contribution is 0.669. The van der Waals surface area contributed by atoms with Gasteiger partial charge < -0.3 is 9.32 Å². The van der Waals surface area contributed by atoms with Gasteiger partial charge in [0.25, 0.3) is 0 Å². The molecule has 0 unspecified atom stereocenters. The fourth-order valence-electron chi connectivity index (χ4n) is 5.98. The van der Waals surface area contributed by atoms with E-state index >= 15 is 0 Å². The van der Waals surface area contributed by atoms with E-state index in [-0.39, 0.29) is 0 Å². The number of hydrogen-bond donors (Lipinski definition) is 0. The van der Waals surface area contributed by atoms with Gasteiger partial charge in [-0.2, -0.15) is 0 Å². The van der Waals surface area contributed by atoms with Crippen molar-refractivity contribution >= 4 is 49.8 Å². The Hall–Kier alpha value is -5.60. The Balaban J connectivity index is 1.35. The van der Waals surface area contributed by atoms with E-state index in [2.05, 4.69) is 169 Å². The minimum Gasteiger partial charge on any atom is -0.456 e. The average molecular weight is 538 g/mol. The summed E-state index contributed by atoms with van der Waals surface area (Å²) in [5.41, 5.74) is 9.73. The quantitative estimate of drug-likeness (QED) is 0.217. The van der Waals surface area contributed by atoms with Crippen molar-refractivity contribution in [2.24, 2.45) is 0 Å². The van der Waals surface area contributed by atoms with Crippen LogP contribution < -0.4 is 4.90 Å². The van der Waals surface area contributed by atoms with Crippen LogP contribution in [0.2, 0.25) is 0 Å². The van der Waals surface area contributed by atoms with E-state index < -0.39 is 0 Å². The molecule has 0 aliphatic heterocycles. The molecule has 198 valence electrons. The highest BCUT2D eigenvalue weighted by molar-refractivity contribution is 6.11. The highest BCUT2D eigenvalue weighted by atomic mass is 16.3. The summed E-state index contributed by atoms with van der Waals surface area (Å²) in [5, 5.41) is 4.66. The van der Waals surface area contributed by atoms with Crippen LogP contribution in [0.4, 0.5) is 17.1 Å². The Morgan fingerprint density at radius 1 is 0.381 bits per heavy atom. The van der Waals surface area contributed by atoms with Gasteiger partial charge >= 0.3 is 0 Å². The summed E-state index contributed by atoms with van der Waals surface area (Å²) in [4.78, 5) is 2.33. The number of benzene rings is 7. The number of furan rings is 1. The molecule has 0 bridgehead atoms. The molecule has 0 N–H and O–H groups in total. The maximum Gasteiger partial charge on any atom is 0.137 e. The highest BCUT2D eigenvalue weighted by Gasteiger charge is 2.19. The van der Waals surface area contributed by atoms with Crippen LogP contribution in [0.3, 0.4) is 0 Å². The first-order valence-corrected chi connectivity index (χ1v) is 14.3. The molecule has 0 saturated heterocycles. The first kappa shape index (κ1) is 24.2. The minimum atomic E-state index is 0.876. The Morgan fingerprint density at radius 3 is 1.74 bits per heavy atom. The van der Waals surface area contributed by atoms with Crippen molar-refractivity contribution in [2.45, 2.75) is 0 Å². The molecule has 0 spiro atoms. The first-order valence-electron chi connectivity index (χ1n) is 14.3. The molecule has 1 heterocycles. The summed E-state index contributed by atoms with van der Waals surface area (Å²) in [5.74, 6) is 0. The van der Waals surface area contributed by atoms with Crippen LogP contribution >= 0.6 is 0 Å². The lowest BCUT2D eigenvalue weighted by atomic mass is 9.96. The number of rotatable bonds is 5. The van der Waals surface area contributed by atoms with Crippen LogP contribution in [0.5, 0.6) is 0 Å². The molecule has 0 aliphatic rings. The van der Waals surface area contributed by atoms with Crippen molar-refractivity contribution in [1.82, 2.24) is 0 Å². The van der Waals surface area contributed by atoms with Gasteiger partial charge in [-0.15, -0.1) is 0 Å². The van der Waals surface area contributed by atoms with Crippen LogP contribution in [0, 0.1) is 0 Å². The summed E-state index contributed by atoms with van der Waals surface area (Å²) < 4.78 is 6.49. The lowest BCUT2D eigenvalue weighted by Gasteiger charge is -2.28. The van der Waals surface area contributed by atoms with Gasteiger partial charge in [-0.3, -0.25) is 0 Å². The Labute approximate surface area is 244 Å². The zero-order valence-corrected chi connectivity index (χ0v) is 22.9. The van der Waals surface area contributed by atoms with Gasteiger partial charge in [-0.1, -0.05) is 109 Å². The molecular formula is C40H27NO. The van der Waals surface area contributed by atoms with Crippen LogP contribution in [0.25, 0.3) is 55.0 Å². The standard InChI is InChI=1S/C40H27NO/c1-4-12-28(13-5-1)32-20-23-38(36(24-32)29-14-6-2-7-15-29)41(33-18-8-3-9-19-33)34-21-22-35-37-25-30-16-10-11-17-31(30)26-39(37)42-40(35)27-34/h1-27H. The maximum atomic E-state index is 6.49. The molecule has 2 heteroatoms. The van der Waals surface area contributed by atoms with Gasteiger partial charge in [0.15, 0.2) is 0 Å². The smallest absolute Gasteiger partial charge is 0.137 e. The molecular weight excluding hydrogens is 510 g/mol. The van der Waals surface area contributed by atoms with E-state index in [1.54, 1.807) is 0 Å². The predicted octanol–water partition coefficient (Wildman–Crippen LogP) is 11.5. The largest absolute Gasteiger partial charge is 0.456 e. The number of hydrogen-bond acceptors (Lipinski definition) is 2. The van der Waals surface area contributed by atoms with Crippen molar-refractivity contribution in [3.05, 3.63) is 164 Å². The molecule has 42 heavy (non-hydrogen) atoms. The SMILES string of the molecule is c1ccc(-c2ccc(N(c3ccccc3)c3ccc4c(c3)oc3cc5ccccc5cc34)c(-c3ccccc3)c2)cc1. The van der Waals surface area contributed by atoms with Crippen molar-refractivity contribution in [3.63, 3.8) is 0 Å². The molecule has 8 rings (SSSR count). The maximum absolute atomic E-state index is 6.49. The van der Waals surface area contributed by atoms with E-state index in [0.29, 0.717) is 0 Å². The summed E-state index contributed by atoms with van der Waals surface area (Å²) in [7, 11) is 0. The number of fused-ring (bicyclic) bond motifs is 4. The van der Waals surface area contributed by atoms with Crippen LogP contribution in [0.1, 0.15) is 0 Å². The zero-order valence-electron chi connectivity index (χ0n) is 22.9. The van der Waals surface area contributed by atoms with Crippen molar-refractivity contribution in [3.8, 4) is 22.3 Å². The number of nitrogens with zero attached hydrogens (tertiary/aromatic N) is 1. The molecule has 0 aliphatic carbocycles. The van der Waals surface area contributed by atoms with Crippen LogP contribution in [-0.4, -0.2) is 0 Å². The lowest BCUT2D eigenvalue weighted by Crippen LogP contribution is -2.11. The van der Waals surface area contributed by atoms with Crippen molar-refractivity contribution in [1.29, 1.82) is 0 Å². The average Bonchev–Trinajstić information content (AvgIpc) is 3.42. The Bertz CT molecular complexity index is 2180. The fraction of sp³-hybridized carbons (Fsp3) is 0. The molecule has 0 atom stereocenters.